The van der Waals surface area contributed by atoms with Gasteiger partial charge in [0.05, 0.1) is 0 Å². The lowest BCUT2D eigenvalue weighted by Crippen LogP contribution is -2.55. The second-order valence-corrected chi connectivity index (χ2v) is 9.23. The fourth-order valence-corrected chi connectivity index (χ4v) is 6.10. The molecule has 4 fully saturated rings. The molecule has 1 aromatic rings. The quantitative estimate of drug-likeness (QED) is 0.725. The maximum atomic E-state index is 12.5. The Morgan fingerprint density at radius 1 is 1.09 bits per heavy atom. The van der Waals surface area contributed by atoms with E-state index in [0.717, 1.165) is 23.3 Å². The van der Waals surface area contributed by atoms with E-state index in [9.17, 15) is 4.79 Å². The van der Waals surface area contributed by atoms with Crippen LogP contribution in [0.25, 0.3) is 0 Å². The zero-order chi connectivity index (χ0) is 15.3. The summed E-state index contributed by atoms with van der Waals surface area (Å²) in [7, 11) is 0. The molecule has 22 heavy (non-hydrogen) atoms. The van der Waals surface area contributed by atoms with E-state index < -0.39 is 0 Å². The predicted molar refractivity (Wildman–Crippen MR) is 96.7 cm³/mol. The van der Waals surface area contributed by atoms with Gasteiger partial charge in [-0.2, -0.15) is 0 Å². The van der Waals surface area contributed by atoms with E-state index in [2.05, 4.69) is 34.8 Å². The standard InChI is InChI=1S/C19H24INO/c1-12(21-18(22)16-2-4-17(20)5-3-16)19-9-13-6-14(10-19)8-15(7-13)11-19/h2-5,12-15H,6-11H2,1H3,(H,21,22). The maximum absolute atomic E-state index is 12.5. The molecule has 2 nitrogen and oxygen atoms in total. The van der Waals surface area contributed by atoms with Gasteiger partial charge in [-0.3, -0.25) is 4.79 Å². The van der Waals surface area contributed by atoms with Crippen LogP contribution in [0, 0.1) is 26.7 Å². The van der Waals surface area contributed by atoms with Crippen LogP contribution in [0.1, 0.15) is 55.8 Å². The first-order valence-corrected chi connectivity index (χ1v) is 9.68. The summed E-state index contributed by atoms with van der Waals surface area (Å²) in [5, 5.41) is 3.33. The molecule has 0 aliphatic heterocycles. The fraction of sp³-hybridized carbons (Fsp3) is 0.632. The number of hydrogen-bond acceptors (Lipinski definition) is 1. The van der Waals surface area contributed by atoms with E-state index in [1.165, 1.54) is 42.1 Å². The number of rotatable bonds is 3. The Labute approximate surface area is 146 Å². The fourth-order valence-electron chi connectivity index (χ4n) is 5.74. The van der Waals surface area contributed by atoms with Crippen molar-refractivity contribution in [2.75, 3.05) is 0 Å². The smallest absolute Gasteiger partial charge is 0.251 e. The van der Waals surface area contributed by atoms with Crippen LogP contribution in [0.15, 0.2) is 24.3 Å². The molecule has 1 N–H and O–H groups in total. The molecular weight excluding hydrogens is 385 g/mol. The third-order valence-electron chi connectivity index (χ3n) is 6.46. The van der Waals surface area contributed by atoms with Gasteiger partial charge in [0.25, 0.3) is 5.91 Å². The SMILES string of the molecule is CC(NC(=O)c1ccc(I)cc1)C12CC3CC(CC(C3)C1)C2. The van der Waals surface area contributed by atoms with Crippen molar-refractivity contribution in [3.63, 3.8) is 0 Å². The summed E-state index contributed by atoms with van der Waals surface area (Å²) in [6, 6.07) is 8.18. The van der Waals surface area contributed by atoms with Crippen LogP contribution in [-0.2, 0) is 0 Å². The molecular formula is C19H24INO. The normalized spacial score (nSPS) is 37.1. The Kier molecular flexibility index (Phi) is 3.74. The average molecular weight is 409 g/mol. The summed E-state index contributed by atoms with van der Waals surface area (Å²) in [6.07, 6.45) is 8.39. The molecule has 118 valence electrons. The third kappa shape index (κ3) is 2.59. The van der Waals surface area contributed by atoms with Crippen molar-refractivity contribution in [3.05, 3.63) is 33.4 Å². The van der Waals surface area contributed by atoms with Gasteiger partial charge >= 0.3 is 0 Å². The van der Waals surface area contributed by atoms with E-state index in [0.29, 0.717) is 11.5 Å². The molecule has 0 aromatic heterocycles. The highest BCUT2D eigenvalue weighted by molar-refractivity contribution is 14.1. The summed E-state index contributed by atoms with van der Waals surface area (Å²) >= 11 is 2.27. The van der Waals surface area contributed by atoms with Crippen LogP contribution in [0.2, 0.25) is 0 Å². The summed E-state index contributed by atoms with van der Waals surface area (Å²) in [4.78, 5) is 12.5. The minimum Gasteiger partial charge on any atom is -0.349 e. The van der Waals surface area contributed by atoms with Gasteiger partial charge in [0.2, 0.25) is 0 Å². The van der Waals surface area contributed by atoms with Gasteiger partial charge in [-0.15, -0.1) is 0 Å². The number of amides is 1. The molecule has 1 unspecified atom stereocenters. The van der Waals surface area contributed by atoms with Crippen LogP contribution in [0.4, 0.5) is 0 Å². The van der Waals surface area contributed by atoms with Crippen LogP contribution in [-0.4, -0.2) is 11.9 Å². The third-order valence-corrected chi connectivity index (χ3v) is 7.18. The largest absolute Gasteiger partial charge is 0.349 e. The molecule has 4 aliphatic carbocycles. The van der Waals surface area contributed by atoms with Crippen LogP contribution >= 0.6 is 22.6 Å². The first kappa shape index (κ1) is 15.0. The van der Waals surface area contributed by atoms with Gasteiger partial charge in [0, 0.05) is 15.2 Å². The Bertz CT molecular complexity index is 544. The molecule has 1 aromatic carbocycles. The second kappa shape index (κ2) is 5.50. The molecule has 0 heterocycles. The second-order valence-electron chi connectivity index (χ2n) is 7.98. The Balaban J connectivity index is 1.49. The number of benzene rings is 1. The highest BCUT2D eigenvalue weighted by Gasteiger charge is 2.53. The highest BCUT2D eigenvalue weighted by atomic mass is 127. The average Bonchev–Trinajstić information content (AvgIpc) is 2.46. The van der Waals surface area contributed by atoms with Gasteiger partial charge in [-0.25, -0.2) is 0 Å². The molecule has 0 radical (unpaired) electrons. The lowest BCUT2D eigenvalue weighted by Gasteiger charge is -2.59. The van der Waals surface area contributed by atoms with E-state index in [1.807, 2.05) is 24.3 Å². The van der Waals surface area contributed by atoms with Crippen molar-refractivity contribution in [2.45, 2.75) is 51.5 Å². The first-order valence-electron chi connectivity index (χ1n) is 8.60. The van der Waals surface area contributed by atoms with Gasteiger partial charge in [0.1, 0.15) is 0 Å². The molecule has 5 rings (SSSR count). The van der Waals surface area contributed by atoms with Crippen LogP contribution in [0.5, 0.6) is 0 Å². The topological polar surface area (TPSA) is 29.1 Å². The molecule has 4 bridgehead atoms. The van der Waals surface area contributed by atoms with Gasteiger partial charge < -0.3 is 5.32 Å². The molecule has 4 saturated carbocycles. The van der Waals surface area contributed by atoms with Crippen molar-refractivity contribution in [1.82, 2.24) is 5.32 Å². The minimum absolute atomic E-state index is 0.0969. The lowest BCUT2D eigenvalue weighted by atomic mass is 9.48. The number of nitrogens with one attached hydrogen (secondary N) is 1. The van der Waals surface area contributed by atoms with Crippen LogP contribution < -0.4 is 5.32 Å². The predicted octanol–water partition coefficient (Wildman–Crippen LogP) is 4.63. The summed E-state index contributed by atoms with van der Waals surface area (Å²) in [5.74, 6) is 2.90. The molecule has 1 atom stereocenters. The maximum Gasteiger partial charge on any atom is 0.251 e. The van der Waals surface area contributed by atoms with E-state index in [4.69, 9.17) is 0 Å². The molecule has 3 heteroatoms. The summed E-state index contributed by atoms with van der Waals surface area (Å²) in [6.45, 7) is 2.25. The number of hydrogen-bond donors (Lipinski definition) is 1. The zero-order valence-electron chi connectivity index (χ0n) is 13.1. The van der Waals surface area contributed by atoms with Crippen molar-refractivity contribution >= 4 is 28.5 Å². The van der Waals surface area contributed by atoms with Crippen molar-refractivity contribution in [3.8, 4) is 0 Å². The van der Waals surface area contributed by atoms with Gasteiger partial charge in [-0.05, 0) is 115 Å². The highest BCUT2D eigenvalue weighted by Crippen LogP contribution is 2.61. The Morgan fingerprint density at radius 3 is 2.09 bits per heavy atom. The van der Waals surface area contributed by atoms with E-state index >= 15 is 0 Å². The number of halogens is 1. The van der Waals surface area contributed by atoms with E-state index in [-0.39, 0.29) is 5.91 Å². The molecule has 4 aliphatic rings. The monoisotopic (exact) mass is 409 g/mol. The number of carbonyl (C=O) groups is 1. The molecule has 1 amide bonds. The van der Waals surface area contributed by atoms with Crippen LogP contribution in [0.3, 0.4) is 0 Å². The van der Waals surface area contributed by atoms with Gasteiger partial charge in [-0.1, -0.05) is 0 Å². The molecule has 0 saturated heterocycles. The number of carbonyl (C=O) groups excluding carboxylic acids is 1. The summed E-state index contributed by atoms with van der Waals surface area (Å²) < 4.78 is 1.17. The minimum atomic E-state index is 0.0969. The van der Waals surface area contributed by atoms with E-state index in [1.54, 1.807) is 0 Å². The van der Waals surface area contributed by atoms with Crippen molar-refractivity contribution < 1.29 is 4.79 Å². The lowest BCUT2D eigenvalue weighted by molar-refractivity contribution is -0.0688. The van der Waals surface area contributed by atoms with Crippen molar-refractivity contribution in [2.24, 2.45) is 23.2 Å². The summed E-state index contributed by atoms with van der Waals surface area (Å²) in [5.41, 5.74) is 1.17. The first-order chi connectivity index (χ1) is 10.5. The molecule has 0 spiro atoms. The van der Waals surface area contributed by atoms with Crippen molar-refractivity contribution in [1.29, 1.82) is 0 Å². The Hall–Kier alpha value is -0.580. The zero-order valence-corrected chi connectivity index (χ0v) is 15.3. The van der Waals surface area contributed by atoms with Gasteiger partial charge in [0.15, 0.2) is 0 Å². The Morgan fingerprint density at radius 2 is 1.59 bits per heavy atom.